The molecule has 0 unspecified atom stereocenters. The van der Waals surface area contributed by atoms with E-state index in [1.165, 1.54) is 0 Å². The highest BCUT2D eigenvalue weighted by molar-refractivity contribution is 6.18. The van der Waals surface area contributed by atoms with Gasteiger partial charge in [-0.25, -0.2) is 0 Å². The molecule has 0 aromatic rings. The Balaban J connectivity index is 2.88. The van der Waals surface area contributed by atoms with Crippen LogP contribution in [0.15, 0.2) is 0 Å². The summed E-state index contributed by atoms with van der Waals surface area (Å²) in [4.78, 5) is 0. The first-order chi connectivity index (χ1) is 4.31. The Kier molecular flexibility index (Phi) is 7.06. The maximum absolute atomic E-state index is 5.52. The molecule has 0 amide bonds. The summed E-state index contributed by atoms with van der Waals surface area (Å²) >= 11 is 10.9. The second-order valence-corrected chi connectivity index (χ2v) is 2.71. The Morgan fingerprint density at radius 2 is 2.11 bits per heavy atom. The van der Waals surface area contributed by atoms with E-state index in [2.05, 4.69) is 0 Å². The molecule has 1 atom stereocenters. The molecule has 0 fully saturated rings. The monoisotopic (exact) mass is 170 g/mol. The molecule has 0 bridgehead atoms. The minimum absolute atomic E-state index is 0.440. The van der Waals surface area contributed by atoms with E-state index < -0.39 is 0 Å². The fraction of sp³-hybridized carbons (Fsp3) is 1.00. The van der Waals surface area contributed by atoms with Crippen LogP contribution in [0.5, 0.6) is 0 Å². The van der Waals surface area contributed by atoms with E-state index in [1.54, 1.807) is 0 Å². The Hall–Kier alpha value is 0.540. The summed E-state index contributed by atoms with van der Waals surface area (Å²) in [6, 6.07) is 0. The Morgan fingerprint density at radius 3 is 2.56 bits per heavy atom. The fourth-order valence-corrected chi connectivity index (χ4v) is 0.582. The quantitative estimate of drug-likeness (QED) is 0.454. The average molecular weight is 171 g/mol. The molecule has 0 heterocycles. The molecule has 0 spiro atoms. The van der Waals surface area contributed by atoms with Crippen LogP contribution in [0, 0.1) is 5.92 Å². The van der Waals surface area contributed by atoms with Crippen LogP contribution in [-0.4, -0.2) is 25.0 Å². The molecular formula is C6H12Cl2O. The first-order valence-electron chi connectivity index (χ1n) is 3.01. The number of rotatable bonds is 5. The van der Waals surface area contributed by atoms with Gasteiger partial charge in [-0.1, -0.05) is 6.92 Å². The normalized spacial score (nSPS) is 13.7. The van der Waals surface area contributed by atoms with E-state index in [9.17, 15) is 0 Å². The second-order valence-electron chi connectivity index (χ2n) is 2.02. The average Bonchev–Trinajstić information content (AvgIpc) is 1.89. The van der Waals surface area contributed by atoms with Crippen LogP contribution < -0.4 is 0 Å². The molecule has 0 aliphatic rings. The van der Waals surface area contributed by atoms with Gasteiger partial charge in [0.2, 0.25) is 0 Å². The van der Waals surface area contributed by atoms with Gasteiger partial charge in [-0.3, -0.25) is 0 Å². The zero-order valence-electron chi connectivity index (χ0n) is 5.57. The Morgan fingerprint density at radius 1 is 1.44 bits per heavy atom. The van der Waals surface area contributed by atoms with Gasteiger partial charge in [-0.15, -0.1) is 23.2 Å². The standard InChI is InChI=1S/C6H12Cl2O/c1-6(4-8)5-9-3-2-7/h6H,2-5H2,1H3/t6-/m0/s1. The summed E-state index contributed by atoms with van der Waals surface area (Å²) in [5, 5.41) is 0. The molecule has 0 rings (SSSR count). The van der Waals surface area contributed by atoms with Crippen molar-refractivity contribution < 1.29 is 4.74 Å². The summed E-state index contributed by atoms with van der Waals surface area (Å²) in [5.41, 5.74) is 0. The molecule has 3 heteroatoms. The molecule has 0 aliphatic carbocycles. The smallest absolute Gasteiger partial charge is 0.0601 e. The Bertz CT molecular complexity index is 59.0. The van der Waals surface area contributed by atoms with Gasteiger partial charge in [0.15, 0.2) is 0 Å². The maximum Gasteiger partial charge on any atom is 0.0601 e. The van der Waals surface area contributed by atoms with Gasteiger partial charge in [0, 0.05) is 11.8 Å². The Labute approximate surface area is 66.3 Å². The topological polar surface area (TPSA) is 9.23 Å². The molecule has 0 saturated carbocycles. The molecular weight excluding hydrogens is 159 g/mol. The minimum atomic E-state index is 0.440. The zero-order valence-corrected chi connectivity index (χ0v) is 7.08. The van der Waals surface area contributed by atoms with Crippen molar-refractivity contribution in [3.05, 3.63) is 0 Å². The van der Waals surface area contributed by atoms with Crippen molar-refractivity contribution in [2.24, 2.45) is 5.92 Å². The van der Waals surface area contributed by atoms with E-state index >= 15 is 0 Å². The summed E-state index contributed by atoms with van der Waals surface area (Å²) in [7, 11) is 0. The first kappa shape index (κ1) is 9.54. The van der Waals surface area contributed by atoms with E-state index in [0.29, 0.717) is 24.3 Å². The largest absolute Gasteiger partial charge is 0.380 e. The van der Waals surface area contributed by atoms with Gasteiger partial charge in [0.25, 0.3) is 0 Å². The highest BCUT2D eigenvalue weighted by Crippen LogP contribution is 1.97. The summed E-state index contributed by atoms with van der Waals surface area (Å²) in [6.45, 7) is 3.39. The van der Waals surface area contributed by atoms with Crippen molar-refractivity contribution in [3.8, 4) is 0 Å². The number of halogens is 2. The molecule has 1 nitrogen and oxygen atoms in total. The number of alkyl halides is 2. The van der Waals surface area contributed by atoms with Crippen LogP contribution in [0.4, 0.5) is 0 Å². The minimum Gasteiger partial charge on any atom is -0.380 e. The summed E-state index contributed by atoms with van der Waals surface area (Å²) < 4.78 is 5.12. The van der Waals surface area contributed by atoms with Crippen molar-refractivity contribution in [1.82, 2.24) is 0 Å². The summed E-state index contributed by atoms with van der Waals surface area (Å²) in [5.74, 6) is 1.66. The number of ether oxygens (including phenoxy) is 1. The number of hydrogen-bond acceptors (Lipinski definition) is 1. The van der Waals surface area contributed by atoms with Crippen LogP contribution >= 0.6 is 23.2 Å². The SMILES string of the molecule is C[C@@H](CCl)COCCCl. The first-order valence-corrected chi connectivity index (χ1v) is 4.07. The lowest BCUT2D eigenvalue weighted by Gasteiger charge is -2.05. The van der Waals surface area contributed by atoms with Gasteiger partial charge in [-0.05, 0) is 5.92 Å². The molecule has 56 valence electrons. The number of hydrogen-bond donors (Lipinski definition) is 0. The van der Waals surface area contributed by atoms with Gasteiger partial charge in [0.05, 0.1) is 13.2 Å². The lowest BCUT2D eigenvalue weighted by molar-refractivity contribution is 0.124. The summed E-state index contributed by atoms with van der Waals surface area (Å²) in [6.07, 6.45) is 0. The van der Waals surface area contributed by atoms with Crippen molar-refractivity contribution in [3.63, 3.8) is 0 Å². The van der Waals surface area contributed by atoms with Crippen LogP contribution in [0.2, 0.25) is 0 Å². The lowest BCUT2D eigenvalue weighted by atomic mass is 10.2. The molecule has 0 aromatic heterocycles. The van der Waals surface area contributed by atoms with E-state index in [4.69, 9.17) is 27.9 Å². The second kappa shape index (κ2) is 6.66. The van der Waals surface area contributed by atoms with E-state index in [1.807, 2.05) is 6.92 Å². The molecule has 0 N–H and O–H groups in total. The molecule has 0 saturated heterocycles. The van der Waals surface area contributed by atoms with Crippen molar-refractivity contribution >= 4 is 23.2 Å². The highest BCUT2D eigenvalue weighted by atomic mass is 35.5. The van der Waals surface area contributed by atoms with Crippen LogP contribution in [0.1, 0.15) is 6.92 Å². The third kappa shape index (κ3) is 6.42. The van der Waals surface area contributed by atoms with Gasteiger partial charge >= 0.3 is 0 Å². The predicted molar refractivity (Wildman–Crippen MR) is 41.4 cm³/mol. The van der Waals surface area contributed by atoms with Crippen molar-refractivity contribution in [1.29, 1.82) is 0 Å². The fourth-order valence-electron chi connectivity index (χ4n) is 0.384. The maximum atomic E-state index is 5.52. The van der Waals surface area contributed by atoms with Crippen LogP contribution in [-0.2, 0) is 4.74 Å². The highest BCUT2D eigenvalue weighted by Gasteiger charge is 1.97. The third-order valence-electron chi connectivity index (χ3n) is 0.887. The van der Waals surface area contributed by atoms with E-state index in [0.717, 1.165) is 6.61 Å². The van der Waals surface area contributed by atoms with Crippen LogP contribution in [0.3, 0.4) is 0 Å². The third-order valence-corrected chi connectivity index (χ3v) is 1.57. The van der Waals surface area contributed by atoms with Crippen molar-refractivity contribution in [2.75, 3.05) is 25.0 Å². The van der Waals surface area contributed by atoms with Gasteiger partial charge in [-0.2, -0.15) is 0 Å². The van der Waals surface area contributed by atoms with Crippen LogP contribution in [0.25, 0.3) is 0 Å². The van der Waals surface area contributed by atoms with Gasteiger partial charge in [0.1, 0.15) is 0 Å². The lowest BCUT2D eigenvalue weighted by Crippen LogP contribution is -2.08. The molecule has 9 heavy (non-hydrogen) atoms. The molecule has 0 aromatic carbocycles. The molecule has 0 aliphatic heterocycles. The molecule has 0 radical (unpaired) electrons. The van der Waals surface area contributed by atoms with Crippen molar-refractivity contribution in [2.45, 2.75) is 6.92 Å². The van der Waals surface area contributed by atoms with E-state index in [-0.39, 0.29) is 0 Å². The predicted octanol–water partition coefficient (Wildman–Crippen LogP) is 2.12. The van der Waals surface area contributed by atoms with Gasteiger partial charge < -0.3 is 4.74 Å². The zero-order chi connectivity index (χ0) is 7.11.